The number of hydrogen-bond acceptors (Lipinski definition) is 5. The smallest absolute Gasteiger partial charge is 0.304 e. The minimum absolute atomic E-state index is 0.0404. The van der Waals surface area contributed by atoms with E-state index in [-0.39, 0.29) is 31.1 Å². The van der Waals surface area contributed by atoms with Crippen LogP contribution in [0.3, 0.4) is 0 Å². The van der Waals surface area contributed by atoms with Gasteiger partial charge in [-0.25, -0.2) is 0 Å². The predicted molar refractivity (Wildman–Crippen MR) is 71.5 cm³/mol. The molecular weight excluding hydrogens is 266 g/mol. The topological polar surface area (TPSA) is 113 Å². The predicted octanol–water partition coefficient (Wildman–Crippen LogP) is 0.940. The number of carboxylic acid groups (broad SMARTS) is 1. The number of non-ortho nitro benzene ring substituents is 1. The molecule has 0 aliphatic carbocycles. The number of rotatable bonds is 7. The lowest BCUT2D eigenvalue weighted by Crippen LogP contribution is -2.31. The van der Waals surface area contributed by atoms with Crippen LogP contribution in [0.15, 0.2) is 24.3 Å². The maximum atomic E-state index is 11.7. The average molecular weight is 281 g/mol. The van der Waals surface area contributed by atoms with Gasteiger partial charge in [0, 0.05) is 24.4 Å². The lowest BCUT2D eigenvalue weighted by Gasteiger charge is -2.14. The van der Waals surface area contributed by atoms with E-state index in [1.165, 1.54) is 24.3 Å². The van der Waals surface area contributed by atoms with Gasteiger partial charge >= 0.3 is 5.97 Å². The van der Waals surface area contributed by atoms with Gasteiger partial charge in [-0.1, -0.05) is 0 Å². The fraction of sp³-hybridized carbons (Fsp3) is 0.333. The van der Waals surface area contributed by atoms with Crippen LogP contribution in [-0.2, 0) is 9.59 Å². The van der Waals surface area contributed by atoms with Crippen molar-refractivity contribution in [3.05, 3.63) is 34.4 Å². The Hall–Kier alpha value is -2.48. The van der Waals surface area contributed by atoms with Crippen LogP contribution in [0.2, 0.25) is 0 Å². The van der Waals surface area contributed by atoms with Gasteiger partial charge in [0.25, 0.3) is 5.69 Å². The summed E-state index contributed by atoms with van der Waals surface area (Å²) in [5, 5.41) is 21.6. The molecule has 1 aromatic carbocycles. The molecule has 0 bridgehead atoms. The summed E-state index contributed by atoms with van der Waals surface area (Å²) in [6.45, 7) is 0.313. The van der Waals surface area contributed by atoms with Crippen LogP contribution in [0, 0.1) is 10.1 Å². The highest BCUT2D eigenvalue weighted by Gasteiger charge is 2.09. The molecule has 0 heterocycles. The lowest BCUT2D eigenvalue weighted by molar-refractivity contribution is -0.384. The molecule has 20 heavy (non-hydrogen) atoms. The van der Waals surface area contributed by atoms with Crippen LogP contribution in [0.25, 0.3) is 0 Å². The number of likely N-dealkylation sites (N-methyl/N-ethyl adjacent to an activating group) is 1. The summed E-state index contributed by atoms with van der Waals surface area (Å²) >= 11 is 0. The number of nitro groups is 1. The molecule has 0 spiro atoms. The maximum Gasteiger partial charge on any atom is 0.304 e. The van der Waals surface area contributed by atoms with Crippen molar-refractivity contribution in [1.29, 1.82) is 0 Å². The molecule has 0 fully saturated rings. The van der Waals surface area contributed by atoms with Crippen molar-refractivity contribution in [2.45, 2.75) is 6.42 Å². The van der Waals surface area contributed by atoms with E-state index < -0.39 is 10.9 Å². The van der Waals surface area contributed by atoms with Gasteiger partial charge in [-0.15, -0.1) is 0 Å². The van der Waals surface area contributed by atoms with Crippen molar-refractivity contribution >= 4 is 23.3 Å². The number of nitrogens with one attached hydrogen (secondary N) is 1. The Bertz CT molecular complexity index is 500. The molecule has 1 rings (SSSR count). The molecule has 108 valence electrons. The molecule has 1 amide bonds. The molecule has 0 saturated carbocycles. The normalized spacial score (nSPS) is 10.3. The van der Waals surface area contributed by atoms with Crippen LogP contribution >= 0.6 is 0 Å². The summed E-state index contributed by atoms with van der Waals surface area (Å²) in [5.74, 6) is -1.24. The van der Waals surface area contributed by atoms with Crippen LogP contribution < -0.4 is 5.32 Å². The number of benzene rings is 1. The highest BCUT2D eigenvalue weighted by molar-refractivity contribution is 5.92. The first kappa shape index (κ1) is 15.6. The molecule has 0 aliphatic rings. The number of aliphatic carboxylic acids is 1. The molecule has 0 unspecified atom stereocenters. The van der Waals surface area contributed by atoms with E-state index >= 15 is 0 Å². The van der Waals surface area contributed by atoms with Crippen LogP contribution in [0.4, 0.5) is 11.4 Å². The highest BCUT2D eigenvalue weighted by atomic mass is 16.6. The van der Waals surface area contributed by atoms with E-state index in [0.29, 0.717) is 5.69 Å². The number of hydrogen-bond donors (Lipinski definition) is 2. The van der Waals surface area contributed by atoms with Crippen molar-refractivity contribution < 1.29 is 19.6 Å². The number of carbonyl (C=O) groups excluding carboxylic acids is 1. The second kappa shape index (κ2) is 7.19. The number of nitrogens with zero attached hydrogens (tertiary/aromatic N) is 2. The number of nitro benzene ring substituents is 1. The molecule has 8 heteroatoms. The third kappa shape index (κ3) is 5.44. The van der Waals surface area contributed by atoms with Gasteiger partial charge in [0.05, 0.1) is 17.9 Å². The minimum Gasteiger partial charge on any atom is -0.481 e. The lowest BCUT2D eigenvalue weighted by atomic mass is 10.3. The SMILES string of the molecule is CN(CCC(=O)O)CC(=O)Nc1ccc([N+](=O)[O-])cc1. The van der Waals surface area contributed by atoms with Crippen molar-refractivity contribution in [3.63, 3.8) is 0 Å². The highest BCUT2D eigenvalue weighted by Crippen LogP contribution is 2.15. The molecule has 0 saturated heterocycles. The summed E-state index contributed by atoms with van der Waals surface area (Å²) in [6.07, 6.45) is -0.0404. The van der Waals surface area contributed by atoms with Gasteiger partial charge in [-0.05, 0) is 19.2 Å². The molecule has 0 atom stereocenters. The second-order valence-corrected chi connectivity index (χ2v) is 4.23. The standard InChI is InChI=1S/C12H15N3O5/c1-14(7-6-12(17)18)8-11(16)13-9-2-4-10(5-3-9)15(19)20/h2-5H,6-8H2,1H3,(H,13,16)(H,17,18). The largest absolute Gasteiger partial charge is 0.481 e. The van der Waals surface area contributed by atoms with E-state index in [9.17, 15) is 19.7 Å². The summed E-state index contributed by atoms with van der Waals surface area (Å²) in [6, 6.07) is 5.47. The Morgan fingerprint density at radius 2 is 1.95 bits per heavy atom. The van der Waals surface area contributed by atoms with E-state index in [0.717, 1.165) is 0 Å². The van der Waals surface area contributed by atoms with Crippen molar-refractivity contribution in [1.82, 2.24) is 4.90 Å². The third-order valence-corrected chi connectivity index (χ3v) is 2.48. The first-order valence-corrected chi connectivity index (χ1v) is 5.83. The molecule has 8 nitrogen and oxygen atoms in total. The quantitative estimate of drug-likeness (QED) is 0.568. The Labute approximate surface area is 115 Å². The number of amides is 1. The van der Waals surface area contributed by atoms with E-state index in [4.69, 9.17) is 5.11 Å². The van der Waals surface area contributed by atoms with Gasteiger partial charge in [0.15, 0.2) is 0 Å². The average Bonchev–Trinajstić information content (AvgIpc) is 2.36. The second-order valence-electron chi connectivity index (χ2n) is 4.23. The molecule has 1 aromatic rings. The Morgan fingerprint density at radius 1 is 1.35 bits per heavy atom. The zero-order chi connectivity index (χ0) is 15.1. The Balaban J connectivity index is 2.45. The minimum atomic E-state index is -0.923. The van der Waals surface area contributed by atoms with E-state index in [1.54, 1.807) is 11.9 Å². The summed E-state index contributed by atoms with van der Waals surface area (Å²) in [7, 11) is 1.64. The molecular formula is C12H15N3O5. The molecule has 0 aromatic heterocycles. The van der Waals surface area contributed by atoms with Crippen LogP contribution in [-0.4, -0.2) is 46.9 Å². The first-order chi connectivity index (χ1) is 9.38. The van der Waals surface area contributed by atoms with Gasteiger partial charge in [-0.2, -0.15) is 0 Å². The van der Waals surface area contributed by atoms with E-state index in [1.807, 2.05) is 0 Å². The Morgan fingerprint density at radius 3 is 2.45 bits per heavy atom. The Kier molecular flexibility index (Phi) is 5.60. The number of anilines is 1. The number of carbonyl (C=O) groups is 2. The van der Waals surface area contributed by atoms with E-state index in [2.05, 4.69) is 5.32 Å². The molecule has 0 aliphatic heterocycles. The summed E-state index contributed by atoms with van der Waals surface area (Å²) in [4.78, 5) is 33.6. The van der Waals surface area contributed by atoms with Gasteiger partial charge < -0.3 is 10.4 Å². The van der Waals surface area contributed by atoms with Crippen molar-refractivity contribution in [2.75, 3.05) is 25.5 Å². The van der Waals surface area contributed by atoms with Crippen LogP contribution in [0.1, 0.15) is 6.42 Å². The van der Waals surface area contributed by atoms with Crippen LogP contribution in [0.5, 0.6) is 0 Å². The fourth-order valence-corrected chi connectivity index (χ4v) is 1.48. The zero-order valence-electron chi connectivity index (χ0n) is 10.9. The maximum absolute atomic E-state index is 11.7. The monoisotopic (exact) mass is 281 g/mol. The van der Waals surface area contributed by atoms with Crippen molar-refractivity contribution in [3.8, 4) is 0 Å². The fourth-order valence-electron chi connectivity index (χ4n) is 1.48. The van der Waals surface area contributed by atoms with Crippen molar-refractivity contribution in [2.24, 2.45) is 0 Å². The third-order valence-electron chi connectivity index (χ3n) is 2.48. The summed E-state index contributed by atoms with van der Waals surface area (Å²) in [5.41, 5.74) is 0.397. The van der Waals surface area contributed by atoms with Gasteiger partial charge in [-0.3, -0.25) is 24.6 Å². The molecule has 0 radical (unpaired) electrons. The van der Waals surface area contributed by atoms with Gasteiger partial charge in [0.1, 0.15) is 0 Å². The van der Waals surface area contributed by atoms with Gasteiger partial charge in [0.2, 0.25) is 5.91 Å². The summed E-state index contributed by atoms with van der Waals surface area (Å²) < 4.78 is 0. The molecule has 2 N–H and O–H groups in total. The number of carboxylic acids is 1. The first-order valence-electron chi connectivity index (χ1n) is 5.83. The zero-order valence-corrected chi connectivity index (χ0v) is 10.9.